The molecule has 162 valence electrons. The molecule has 0 unspecified atom stereocenters. The van der Waals surface area contributed by atoms with Crippen molar-refractivity contribution in [3.05, 3.63) is 65.4 Å². The van der Waals surface area contributed by atoms with Gasteiger partial charge in [-0.1, -0.05) is 36.4 Å². The summed E-state index contributed by atoms with van der Waals surface area (Å²) in [7, 11) is 0. The summed E-state index contributed by atoms with van der Waals surface area (Å²) in [5, 5.41) is 15.0. The largest absolute Gasteiger partial charge is 0.347 e. The van der Waals surface area contributed by atoms with E-state index in [4.69, 9.17) is 11.6 Å². The van der Waals surface area contributed by atoms with Gasteiger partial charge in [0.1, 0.15) is 6.33 Å². The van der Waals surface area contributed by atoms with Crippen LogP contribution >= 0.6 is 23.4 Å². The zero-order valence-corrected chi connectivity index (χ0v) is 19.1. The smallest absolute Gasteiger partial charge is 0.251 e. The molecule has 31 heavy (non-hydrogen) atoms. The number of nitrogens with one attached hydrogen (secondary N) is 2. The van der Waals surface area contributed by atoms with Gasteiger partial charge in [0.05, 0.1) is 11.4 Å². The Labute approximate surface area is 190 Å². The van der Waals surface area contributed by atoms with Crippen LogP contribution < -0.4 is 10.6 Å². The Kier molecular flexibility index (Phi) is 7.35. The number of aromatic nitrogens is 3. The predicted octanol–water partition coefficient (Wildman–Crippen LogP) is 4.57. The molecule has 2 amide bonds. The van der Waals surface area contributed by atoms with Crippen molar-refractivity contribution in [3.8, 4) is 5.69 Å². The summed E-state index contributed by atoms with van der Waals surface area (Å²) < 4.78 is 1.77. The van der Waals surface area contributed by atoms with E-state index in [2.05, 4.69) is 20.8 Å². The Balaban J connectivity index is 1.56. The first kappa shape index (κ1) is 22.8. The molecule has 7 nitrogen and oxygen atoms in total. The van der Waals surface area contributed by atoms with Crippen molar-refractivity contribution in [3.63, 3.8) is 0 Å². The van der Waals surface area contributed by atoms with E-state index in [1.807, 2.05) is 32.9 Å². The fourth-order valence-electron chi connectivity index (χ4n) is 2.63. The second-order valence-corrected chi connectivity index (χ2v) is 8.95. The van der Waals surface area contributed by atoms with Crippen LogP contribution in [0.1, 0.15) is 37.6 Å². The molecule has 1 aromatic heterocycles. The van der Waals surface area contributed by atoms with Gasteiger partial charge in [0.25, 0.3) is 5.91 Å². The maximum atomic E-state index is 12.4. The number of nitrogens with zero attached hydrogens (tertiary/aromatic N) is 3. The van der Waals surface area contributed by atoms with Crippen molar-refractivity contribution < 1.29 is 9.59 Å². The van der Waals surface area contributed by atoms with Crippen LogP contribution in [-0.2, 0) is 4.79 Å². The minimum absolute atomic E-state index is 0.138. The first-order chi connectivity index (χ1) is 14.8. The highest BCUT2D eigenvalue weighted by molar-refractivity contribution is 7.99. The van der Waals surface area contributed by atoms with Gasteiger partial charge in [-0.2, -0.15) is 0 Å². The lowest BCUT2D eigenvalue weighted by Gasteiger charge is -2.24. The van der Waals surface area contributed by atoms with Crippen LogP contribution in [0.3, 0.4) is 0 Å². The number of halogens is 1. The SMILES string of the molecule is CCC(C)(C)NC(=O)c1ccc(NC(=O)CSc2nncn2-c2cccc(Cl)c2)cc1. The molecule has 3 rings (SSSR count). The molecule has 0 spiro atoms. The zero-order chi connectivity index (χ0) is 22.4. The van der Waals surface area contributed by atoms with Crippen LogP contribution in [0.4, 0.5) is 5.69 Å². The number of rotatable bonds is 8. The normalized spacial score (nSPS) is 11.2. The van der Waals surface area contributed by atoms with Gasteiger partial charge in [-0.15, -0.1) is 10.2 Å². The van der Waals surface area contributed by atoms with Gasteiger partial charge >= 0.3 is 0 Å². The predicted molar refractivity (Wildman–Crippen MR) is 124 cm³/mol. The molecule has 9 heteroatoms. The number of carbonyl (C=O) groups excluding carboxylic acids is 2. The van der Waals surface area contributed by atoms with Crippen LogP contribution in [0, 0.1) is 0 Å². The number of anilines is 1. The molecule has 3 aromatic rings. The molecular weight excluding hydrogens is 434 g/mol. The fourth-order valence-corrected chi connectivity index (χ4v) is 3.54. The number of hydrogen-bond acceptors (Lipinski definition) is 5. The number of hydrogen-bond donors (Lipinski definition) is 2. The van der Waals surface area contributed by atoms with Crippen molar-refractivity contribution in [1.82, 2.24) is 20.1 Å². The molecular formula is C22H24ClN5O2S. The number of amides is 2. The van der Waals surface area contributed by atoms with Gasteiger partial charge in [0.2, 0.25) is 5.91 Å². The lowest BCUT2D eigenvalue weighted by atomic mass is 10.0. The highest BCUT2D eigenvalue weighted by Gasteiger charge is 2.18. The standard InChI is InChI=1S/C22H24ClN5O2S/c1-4-22(2,3)26-20(30)15-8-10-17(11-9-15)25-19(29)13-31-21-27-24-14-28(21)18-7-5-6-16(23)12-18/h5-12,14H,4,13H2,1-3H3,(H,25,29)(H,26,30). The van der Waals surface area contributed by atoms with E-state index >= 15 is 0 Å². The third-order valence-corrected chi connectivity index (χ3v) is 5.88. The zero-order valence-electron chi connectivity index (χ0n) is 17.6. The molecule has 1 heterocycles. The van der Waals surface area contributed by atoms with Crippen LogP contribution in [0.5, 0.6) is 0 Å². The Hall–Kier alpha value is -2.84. The van der Waals surface area contributed by atoms with E-state index < -0.39 is 0 Å². The molecule has 2 N–H and O–H groups in total. The van der Waals surface area contributed by atoms with Crippen LogP contribution in [0.2, 0.25) is 5.02 Å². The molecule has 2 aromatic carbocycles. The Bertz CT molecular complexity index is 1070. The molecule has 0 aliphatic carbocycles. The monoisotopic (exact) mass is 457 g/mol. The first-order valence-electron chi connectivity index (χ1n) is 9.78. The highest BCUT2D eigenvalue weighted by Crippen LogP contribution is 2.22. The summed E-state index contributed by atoms with van der Waals surface area (Å²) in [4.78, 5) is 24.7. The van der Waals surface area contributed by atoms with Gasteiger partial charge in [-0.3, -0.25) is 14.2 Å². The average molecular weight is 458 g/mol. The summed E-state index contributed by atoms with van der Waals surface area (Å²) in [5.41, 5.74) is 1.71. The maximum absolute atomic E-state index is 12.4. The van der Waals surface area contributed by atoms with Crippen LogP contribution in [-0.4, -0.2) is 37.9 Å². The van der Waals surface area contributed by atoms with Crippen molar-refractivity contribution in [1.29, 1.82) is 0 Å². The fraction of sp³-hybridized carbons (Fsp3) is 0.273. The van der Waals surface area contributed by atoms with E-state index in [9.17, 15) is 9.59 Å². The van der Waals surface area contributed by atoms with E-state index in [1.165, 1.54) is 11.8 Å². The number of benzene rings is 2. The maximum Gasteiger partial charge on any atom is 0.251 e. The molecule has 0 fully saturated rings. The van der Waals surface area contributed by atoms with Crippen molar-refractivity contribution >= 4 is 40.9 Å². The van der Waals surface area contributed by atoms with E-state index in [-0.39, 0.29) is 23.1 Å². The van der Waals surface area contributed by atoms with E-state index in [0.717, 1.165) is 12.1 Å². The molecule has 0 atom stereocenters. The van der Waals surface area contributed by atoms with Gasteiger partial charge in [0.15, 0.2) is 5.16 Å². The number of thioether (sulfide) groups is 1. The summed E-state index contributed by atoms with van der Waals surface area (Å²) >= 11 is 7.32. The quantitative estimate of drug-likeness (QED) is 0.483. The van der Waals surface area contributed by atoms with Crippen molar-refractivity contribution in [2.75, 3.05) is 11.1 Å². The molecule has 0 aliphatic heterocycles. The Morgan fingerprint density at radius 3 is 2.58 bits per heavy atom. The lowest BCUT2D eigenvalue weighted by Crippen LogP contribution is -2.42. The Morgan fingerprint density at radius 2 is 1.90 bits per heavy atom. The third kappa shape index (κ3) is 6.32. The van der Waals surface area contributed by atoms with E-state index in [0.29, 0.717) is 21.4 Å². The minimum Gasteiger partial charge on any atom is -0.347 e. The molecule has 0 radical (unpaired) electrons. The second-order valence-electron chi connectivity index (χ2n) is 7.57. The summed E-state index contributed by atoms with van der Waals surface area (Å²) in [5.74, 6) is -0.165. The molecule has 0 aliphatic rings. The second kappa shape index (κ2) is 9.98. The van der Waals surface area contributed by atoms with Gasteiger partial charge < -0.3 is 10.6 Å². The first-order valence-corrected chi connectivity index (χ1v) is 11.1. The average Bonchev–Trinajstić information content (AvgIpc) is 3.21. The summed E-state index contributed by atoms with van der Waals surface area (Å²) in [6.45, 7) is 5.98. The van der Waals surface area contributed by atoms with Crippen LogP contribution in [0.25, 0.3) is 5.69 Å². The Morgan fingerprint density at radius 1 is 1.16 bits per heavy atom. The van der Waals surface area contributed by atoms with Gasteiger partial charge in [0, 0.05) is 21.8 Å². The molecule has 0 saturated carbocycles. The summed E-state index contributed by atoms with van der Waals surface area (Å²) in [6, 6.07) is 14.1. The van der Waals surface area contributed by atoms with Gasteiger partial charge in [-0.25, -0.2) is 0 Å². The number of carbonyl (C=O) groups is 2. The van der Waals surface area contributed by atoms with Crippen molar-refractivity contribution in [2.24, 2.45) is 0 Å². The highest BCUT2D eigenvalue weighted by atomic mass is 35.5. The van der Waals surface area contributed by atoms with Crippen molar-refractivity contribution in [2.45, 2.75) is 37.9 Å². The summed E-state index contributed by atoms with van der Waals surface area (Å²) in [6.07, 6.45) is 2.41. The van der Waals surface area contributed by atoms with Crippen LogP contribution in [0.15, 0.2) is 60.0 Å². The minimum atomic E-state index is -0.271. The molecule has 0 saturated heterocycles. The lowest BCUT2D eigenvalue weighted by molar-refractivity contribution is -0.113. The van der Waals surface area contributed by atoms with Gasteiger partial charge in [-0.05, 0) is 62.7 Å². The topological polar surface area (TPSA) is 88.9 Å². The molecule has 0 bridgehead atoms. The third-order valence-electron chi connectivity index (χ3n) is 4.70. The van der Waals surface area contributed by atoms with E-state index in [1.54, 1.807) is 47.3 Å².